The van der Waals surface area contributed by atoms with Gasteiger partial charge < -0.3 is 14.4 Å². The topological polar surface area (TPSA) is 56.6 Å². The van der Waals surface area contributed by atoms with Crippen molar-refractivity contribution in [1.29, 1.82) is 0 Å². The van der Waals surface area contributed by atoms with Crippen LogP contribution in [0.5, 0.6) is 0 Å². The molecule has 2 saturated heterocycles. The summed E-state index contributed by atoms with van der Waals surface area (Å²) >= 11 is 0. The van der Waals surface area contributed by atoms with Crippen LogP contribution in [0, 0.1) is 0 Å². The number of aryl methyl sites for hydroxylation is 1. The van der Waals surface area contributed by atoms with Crippen LogP contribution >= 0.6 is 0 Å². The number of aromatic nitrogens is 2. The Hall–Kier alpha value is -1.47. The van der Waals surface area contributed by atoms with Crippen LogP contribution in [0.2, 0.25) is 0 Å². The van der Waals surface area contributed by atoms with Gasteiger partial charge in [0, 0.05) is 32.2 Å². The number of carbonyl (C=O) groups excluding carboxylic acids is 1. The largest absolute Gasteiger partial charge is 0.374 e. The second kappa shape index (κ2) is 6.44. The third-order valence-corrected chi connectivity index (χ3v) is 5.23. The molecule has 0 unspecified atom stereocenters. The highest BCUT2D eigenvalue weighted by Gasteiger charge is 2.57. The molecule has 0 N–H and O–H groups in total. The molecule has 2 aliphatic heterocycles. The molecule has 1 aromatic heterocycles. The fourth-order valence-corrected chi connectivity index (χ4v) is 3.76. The molecule has 0 aromatic carbocycles. The van der Waals surface area contributed by atoms with E-state index in [1.165, 1.54) is 0 Å². The van der Waals surface area contributed by atoms with Gasteiger partial charge in [-0.1, -0.05) is 0 Å². The molecule has 3 aliphatic rings. The van der Waals surface area contributed by atoms with E-state index in [0.717, 1.165) is 25.8 Å². The fourth-order valence-electron chi connectivity index (χ4n) is 3.76. The van der Waals surface area contributed by atoms with Crippen LogP contribution in [0.25, 0.3) is 0 Å². The lowest BCUT2D eigenvalue weighted by Crippen LogP contribution is -2.46. The van der Waals surface area contributed by atoms with Crippen LogP contribution < -0.4 is 0 Å². The normalized spacial score (nSPS) is 31.0. The van der Waals surface area contributed by atoms with Gasteiger partial charge in [0.15, 0.2) is 5.67 Å². The lowest BCUT2D eigenvalue weighted by molar-refractivity contribution is -0.141. The summed E-state index contributed by atoms with van der Waals surface area (Å²) < 4.78 is 28.0. The van der Waals surface area contributed by atoms with Crippen LogP contribution in [-0.4, -0.2) is 64.3 Å². The van der Waals surface area contributed by atoms with Crippen LogP contribution in [0.3, 0.4) is 0 Å². The molecule has 0 spiro atoms. The maximum Gasteiger partial charge on any atom is 0.260 e. The minimum Gasteiger partial charge on any atom is -0.374 e. The van der Waals surface area contributed by atoms with Gasteiger partial charge in [-0.05, 0) is 38.2 Å². The van der Waals surface area contributed by atoms with Gasteiger partial charge in [0.05, 0.1) is 12.6 Å². The second-order valence-corrected chi connectivity index (χ2v) is 7.00. The number of nitrogens with zero attached hydrogens (tertiary/aromatic N) is 3. The van der Waals surface area contributed by atoms with Crippen LogP contribution in [-0.2, 0) is 20.8 Å². The monoisotopic (exact) mass is 337 g/mol. The van der Waals surface area contributed by atoms with Crippen LogP contribution in [0.4, 0.5) is 4.39 Å². The molecule has 1 saturated carbocycles. The van der Waals surface area contributed by atoms with Gasteiger partial charge in [-0.3, -0.25) is 9.48 Å². The highest BCUT2D eigenvalue weighted by atomic mass is 19.1. The van der Waals surface area contributed by atoms with E-state index in [4.69, 9.17) is 9.47 Å². The minimum absolute atomic E-state index is 0.0319. The Morgan fingerprint density at radius 2 is 2.33 bits per heavy atom. The number of rotatable bonds is 6. The highest BCUT2D eigenvalue weighted by molar-refractivity contribution is 5.88. The summed E-state index contributed by atoms with van der Waals surface area (Å²) in [5, 5.41) is 4.16. The van der Waals surface area contributed by atoms with E-state index in [0.29, 0.717) is 32.6 Å². The predicted octanol–water partition coefficient (Wildman–Crippen LogP) is 1.55. The maximum atomic E-state index is 14.2. The van der Waals surface area contributed by atoms with E-state index in [1.807, 2.05) is 16.9 Å². The van der Waals surface area contributed by atoms with E-state index in [2.05, 4.69) is 5.10 Å². The van der Waals surface area contributed by atoms with Crippen molar-refractivity contribution in [3.05, 3.63) is 18.5 Å². The molecule has 0 radical (unpaired) electrons. The summed E-state index contributed by atoms with van der Waals surface area (Å²) in [4.78, 5) is 14.1. The number of alkyl halides is 1. The number of ether oxygens (including phenoxy) is 2. The standard InChI is InChI=1S/C17H24FN3O3/c18-17(5-6-17)16(22)21-12-14(15-13(21)4-1-10-24-15)23-11-3-9-20-8-2-7-19-20/h2,7-8,13-15H,1,3-6,9-12H2/t13-,14+,15+/m1/s1. The zero-order chi connectivity index (χ0) is 16.6. The Bertz CT molecular complexity index is 576. The summed E-state index contributed by atoms with van der Waals surface area (Å²) in [6.07, 6.45) is 6.76. The Morgan fingerprint density at radius 1 is 1.46 bits per heavy atom. The summed E-state index contributed by atoms with van der Waals surface area (Å²) in [7, 11) is 0. The van der Waals surface area contributed by atoms with Crippen molar-refractivity contribution in [1.82, 2.24) is 14.7 Å². The highest BCUT2D eigenvalue weighted by Crippen LogP contribution is 2.44. The maximum absolute atomic E-state index is 14.2. The van der Waals surface area contributed by atoms with Gasteiger partial charge >= 0.3 is 0 Å². The van der Waals surface area contributed by atoms with Gasteiger partial charge in [-0.2, -0.15) is 5.10 Å². The quantitative estimate of drug-likeness (QED) is 0.739. The van der Waals surface area contributed by atoms with E-state index in [9.17, 15) is 9.18 Å². The Kier molecular flexibility index (Phi) is 4.30. The Balaban J connectivity index is 1.33. The molecular weight excluding hydrogens is 313 g/mol. The number of halogens is 1. The van der Waals surface area contributed by atoms with Crippen molar-refractivity contribution in [2.45, 2.75) is 62.6 Å². The number of carbonyl (C=O) groups is 1. The first-order valence-corrected chi connectivity index (χ1v) is 8.88. The Morgan fingerprint density at radius 3 is 3.08 bits per heavy atom. The minimum atomic E-state index is -1.61. The van der Waals surface area contributed by atoms with Crippen molar-refractivity contribution < 1.29 is 18.7 Å². The number of likely N-dealkylation sites (tertiary alicyclic amines) is 1. The summed E-state index contributed by atoms with van der Waals surface area (Å²) in [6, 6.07) is 1.86. The molecule has 6 nitrogen and oxygen atoms in total. The van der Waals surface area contributed by atoms with Crippen molar-refractivity contribution in [2.75, 3.05) is 19.8 Å². The van der Waals surface area contributed by atoms with E-state index < -0.39 is 5.67 Å². The smallest absolute Gasteiger partial charge is 0.260 e. The van der Waals surface area contributed by atoms with E-state index >= 15 is 0 Å². The molecule has 132 valence electrons. The number of hydrogen-bond acceptors (Lipinski definition) is 4. The SMILES string of the molecule is O=C(N1C[C@H](OCCCn2cccn2)[C@H]2OCCC[C@H]21)C1(F)CC1. The molecule has 1 amide bonds. The summed E-state index contributed by atoms with van der Waals surface area (Å²) in [5.41, 5.74) is -1.61. The van der Waals surface area contributed by atoms with Crippen molar-refractivity contribution in [2.24, 2.45) is 0 Å². The fraction of sp³-hybridized carbons (Fsp3) is 0.765. The zero-order valence-electron chi connectivity index (χ0n) is 13.8. The molecule has 7 heteroatoms. The van der Waals surface area contributed by atoms with Gasteiger partial charge in [0.25, 0.3) is 5.91 Å². The Labute approximate surface area is 140 Å². The summed E-state index contributed by atoms with van der Waals surface area (Å²) in [6.45, 7) is 2.52. The van der Waals surface area contributed by atoms with Crippen LogP contribution in [0.1, 0.15) is 32.1 Å². The first kappa shape index (κ1) is 16.0. The molecule has 1 aromatic rings. The molecule has 0 bridgehead atoms. The van der Waals surface area contributed by atoms with Crippen molar-refractivity contribution >= 4 is 5.91 Å². The molecule has 3 atom stereocenters. The molecule has 3 fully saturated rings. The molecule has 4 rings (SSSR count). The van der Waals surface area contributed by atoms with Gasteiger partial charge in [0.2, 0.25) is 0 Å². The van der Waals surface area contributed by atoms with Gasteiger partial charge in [-0.15, -0.1) is 0 Å². The third kappa shape index (κ3) is 3.07. The second-order valence-electron chi connectivity index (χ2n) is 7.00. The van der Waals surface area contributed by atoms with Gasteiger partial charge in [-0.25, -0.2) is 4.39 Å². The lowest BCUT2D eigenvalue weighted by Gasteiger charge is -2.32. The number of hydrogen-bond donors (Lipinski definition) is 0. The lowest BCUT2D eigenvalue weighted by atomic mass is 10.0. The molecule has 24 heavy (non-hydrogen) atoms. The molecular formula is C17H24FN3O3. The number of amides is 1. The van der Waals surface area contributed by atoms with Crippen molar-refractivity contribution in [3.8, 4) is 0 Å². The van der Waals surface area contributed by atoms with Crippen LogP contribution in [0.15, 0.2) is 18.5 Å². The average molecular weight is 337 g/mol. The average Bonchev–Trinajstić information content (AvgIpc) is 3.02. The first-order chi connectivity index (χ1) is 11.7. The number of fused-ring (bicyclic) bond motifs is 1. The first-order valence-electron chi connectivity index (χ1n) is 8.88. The van der Waals surface area contributed by atoms with E-state index in [1.54, 1.807) is 11.1 Å². The summed E-state index contributed by atoms with van der Waals surface area (Å²) in [5.74, 6) is -0.356. The molecule has 1 aliphatic carbocycles. The van der Waals surface area contributed by atoms with Gasteiger partial charge in [0.1, 0.15) is 12.2 Å². The predicted molar refractivity (Wildman–Crippen MR) is 84.1 cm³/mol. The zero-order valence-corrected chi connectivity index (χ0v) is 13.8. The molecule has 3 heterocycles. The van der Waals surface area contributed by atoms with Crippen molar-refractivity contribution in [3.63, 3.8) is 0 Å². The van der Waals surface area contributed by atoms with E-state index in [-0.39, 0.29) is 24.2 Å². The third-order valence-electron chi connectivity index (χ3n) is 5.23.